The van der Waals surface area contributed by atoms with Gasteiger partial charge in [-0.15, -0.1) is 0 Å². The molecule has 0 fully saturated rings. The summed E-state index contributed by atoms with van der Waals surface area (Å²) >= 11 is 1.41. The van der Waals surface area contributed by atoms with Crippen LogP contribution in [0.5, 0.6) is 0 Å². The molecule has 0 unspecified atom stereocenters. The molecule has 1 aromatic heterocycles. The van der Waals surface area contributed by atoms with Crippen LogP contribution in [0.15, 0.2) is 45.2 Å². The van der Waals surface area contributed by atoms with E-state index in [1.54, 1.807) is 13.0 Å². The minimum absolute atomic E-state index is 0.119. The molecule has 0 amide bonds. The topological polar surface area (TPSA) is 66.0 Å². The fraction of sp³-hybridized carbons (Fsp3) is 0.333. The van der Waals surface area contributed by atoms with Gasteiger partial charge in [-0.25, -0.2) is 4.98 Å². The van der Waals surface area contributed by atoms with Gasteiger partial charge in [-0.3, -0.25) is 4.79 Å². The Morgan fingerprint density at radius 3 is 2.65 bits per heavy atom. The van der Waals surface area contributed by atoms with E-state index >= 15 is 0 Å². The Morgan fingerprint density at radius 2 is 2.05 bits per heavy atom. The lowest BCUT2D eigenvalue weighted by molar-refractivity contribution is 0.199. The van der Waals surface area contributed by atoms with Crippen LogP contribution < -0.4 is 5.56 Å². The van der Waals surface area contributed by atoms with Gasteiger partial charge in [0.25, 0.3) is 5.56 Å². The van der Waals surface area contributed by atoms with Crippen molar-refractivity contribution in [1.29, 1.82) is 0 Å². The van der Waals surface area contributed by atoms with Crippen LogP contribution in [0, 0.1) is 0 Å². The van der Waals surface area contributed by atoms with Crippen LogP contribution in [0.1, 0.15) is 37.6 Å². The third-order valence-corrected chi connectivity index (χ3v) is 3.75. The number of hydrogen-bond donors (Lipinski definition) is 2. The zero-order valence-electron chi connectivity index (χ0n) is 11.6. The van der Waals surface area contributed by atoms with Gasteiger partial charge in [-0.05, 0) is 31.0 Å². The maximum atomic E-state index is 11.6. The zero-order chi connectivity index (χ0) is 14.5. The second-order valence-corrected chi connectivity index (χ2v) is 5.70. The van der Waals surface area contributed by atoms with Gasteiger partial charge in [0.05, 0.1) is 6.10 Å². The molecular formula is C15H18N2O2S. The lowest BCUT2D eigenvalue weighted by Gasteiger charge is -2.06. The molecule has 0 spiro atoms. The van der Waals surface area contributed by atoms with E-state index in [9.17, 15) is 9.90 Å². The Balaban J connectivity index is 2.18. The summed E-state index contributed by atoms with van der Waals surface area (Å²) in [6, 6.07) is 9.13. The third kappa shape index (κ3) is 3.95. The summed E-state index contributed by atoms with van der Waals surface area (Å²) in [5.74, 6) is 0. The predicted molar refractivity (Wildman–Crippen MR) is 80.1 cm³/mol. The molecule has 1 heterocycles. The number of aromatic amines is 1. The van der Waals surface area contributed by atoms with Crippen LogP contribution in [-0.2, 0) is 6.42 Å². The van der Waals surface area contributed by atoms with Gasteiger partial charge < -0.3 is 10.1 Å². The van der Waals surface area contributed by atoms with Gasteiger partial charge in [-0.2, -0.15) is 0 Å². The number of nitrogens with one attached hydrogen (secondary N) is 1. The van der Waals surface area contributed by atoms with E-state index in [-0.39, 0.29) is 5.56 Å². The molecule has 0 saturated heterocycles. The first-order chi connectivity index (χ1) is 9.58. The summed E-state index contributed by atoms with van der Waals surface area (Å²) in [7, 11) is 0. The highest BCUT2D eigenvalue weighted by atomic mass is 32.2. The number of rotatable bonds is 5. The van der Waals surface area contributed by atoms with Crippen molar-refractivity contribution >= 4 is 11.8 Å². The monoisotopic (exact) mass is 290 g/mol. The fourth-order valence-electron chi connectivity index (χ4n) is 1.84. The largest absolute Gasteiger partial charge is 0.389 e. The Kier molecular flexibility index (Phi) is 4.98. The average Bonchev–Trinajstić information content (AvgIpc) is 2.39. The smallest absolute Gasteiger partial charge is 0.251 e. The molecule has 0 aliphatic heterocycles. The van der Waals surface area contributed by atoms with Crippen LogP contribution in [-0.4, -0.2) is 15.1 Å². The number of hydrogen-bond acceptors (Lipinski definition) is 4. The summed E-state index contributed by atoms with van der Waals surface area (Å²) < 4.78 is 0. The number of H-pyrrole nitrogens is 1. The molecule has 2 aromatic rings. The highest BCUT2D eigenvalue weighted by Crippen LogP contribution is 2.25. The first-order valence-electron chi connectivity index (χ1n) is 6.64. The van der Waals surface area contributed by atoms with E-state index in [2.05, 4.69) is 16.9 Å². The van der Waals surface area contributed by atoms with Crippen molar-refractivity contribution in [2.24, 2.45) is 0 Å². The number of aliphatic hydroxyl groups excluding tert-OH is 1. The molecule has 1 atom stereocenters. The second kappa shape index (κ2) is 6.72. The second-order valence-electron chi connectivity index (χ2n) is 4.64. The maximum Gasteiger partial charge on any atom is 0.251 e. The first-order valence-corrected chi connectivity index (χ1v) is 7.46. The van der Waals surface area contributed by atoms with E-state index in [0.29, 0.717) is 5.16 Å². The van der Waals surface area contributed by atoms with E-state index in [0.717, 1.165) is 29.0 Å². The minimum atomic E-state index is -0.472. The number of aliphatic hydroxyl groups is 1. The predicted octanol–water partition coefficient (Wildman–Crippen LogP) is 2.93. The number of benzene rings is 1. The van der Waals surface area contributed by atoms with Gasteiger partial charge in [0.2, 0.25) is 0 Å². The summed E-state index contributed by atoms with van der Waals surface area (Å²) in [6.07, 6.45) is 1.29. The van der Waals surface area contributed by atoms with Crippen molar-refractivity contribution in [3.8, 4) is 0 Å². The normalized spacial score (nSPS) is 12.3. The number of aromatic nitrogens is 2. The van der Waals surface area contributed by atoms with Crippen LogP contribution >= 0.6 is 11.8 Å². The van der Waals surface area contributed by atoms with E-state index in [1.165, 1.54) is 11.8 Å². The average molecular weight is 290 g/mol. The molecule has 0 aliphatic carbocycles. The van der Waals surface area contributed by atoms with Crippen LogP contribution in [0.25, 0.3) is 0 Å². The molecule has 0 radical (unpaired) electrons. The third-order valence-electron chi connectivity index (χ3n) is 2.86. The molecular weight excluding hydrogens is 272 g/mol. The van der Waals surface area contributed by atoms with Crippen molar-refractivity contribution in [2.45, 2.75) is 42.8 Å². The molecule has 4 nitrogen and oxygen atoms in total. The van der Waals surface area contributed by atoms with Crippen molar-refractivity contribution < 1.29 is 5.11 Å². The Hall–Kier alpha value is -1.59. The zero-order valence-corrected chi connectivity index (χ0v) is 12.4. The first kappa shape index (κ1) is 14.8. The van der Waals surface area contributed by atoms with Crippen molar-refractivity contribution in [3.05, 3.63) is 51.9 Å². The van der Waals surface area contributed by atoms with Gasteiger partial charge in [0.15, 0.2) is 5.16 Å². The molecule has 2 rings (SSSR count). The molecule has 20 heavy (non-hydrogen) atoms. The number of nitrogens with zero attached hydrogens (tertiary/aromatic N) is 1. The fourth-order valence-corrected chi connectivity index (χ4v) is 2.65. The summed E-state index contributed by atoms with van der Waals surface area (Å²) in [5.41, 5.74) is 1.57. The van der Waals surface area contributed by atoms with Gasteiger partial charge in [0.1, 0.15) is 0 Å². The van der Waals surface area contributed by atoms with Crippen molar-refractivity contribution in [1.82, 2.24) is 9.97 Å². The van der Waals surface area contributed by atoms with E-state index < -0.39 is 6.10 Å². The summed E-state index contributed by atoms with van der Waals surface area (Å²) in [5, 5.41) is 10.1. The molecule has 0 saturated carbocycles. The Bertz CT molecular complexity index is 621. The van der Waals surface area contributed by atoms with Crippen molar-refractivity contribution in [3.63, 3.8) is 0 Å². The lowest BCUT2D eigenvalue weighted by atomic mass is 10.1. The maximum absolute atomic E-state index is 11.6. The highest BCUT2D eigenvalue weighted by Gasteiger charge is 2.05. The molecule has 106 valence electrons. The van der Waals surface area contributed by atoms with Crippen molar-refractivity contribution in [2.75, 3.05) is 0 Å². The van der Waals surface area contributed by atoms with Gasteiger partial charge >= 0.3 is 0 Å². The quantitative estimate of drug-likeness (QED) is 0.831. The minimum Gasteiger partial charge on any atom is -0.389 e. The van der Waals surface area contributed by atoms with E-state index in [1.807, 2.05) is 24.3 Å². The molecule has 0 aliphatic rings. The molecule has 2 N–H and O–H groups in total. The number of aryl methyl sites for hydroxylation is 1. The standard InChI is InChI=1S/C15H18N2O2S/c1-3-4-12-9-14(19)17-15(16-12)20-13-7-5-11(6-8-13)10(2)18/h5-10,18H,3-4H2,1-2H3,(H,16,17,19)/t10-/m0/s1. The van der Waals surface area contributed by atoms with Gasteiger partial charge in [-0.1, -0.05) is 37.2 Å². The van der Waals surface area contributed by atoms with E-state index in [4.69, 9.17) is 0 Å². The van der Waals surface area contributed by atoms with Crippen LogP contribution in [0.2, 0.25) is 0 Å². The molecule has 5 heteroatoms. The Labute approximate surface area is 122 Å². The van der Waals surface area contributed by atoms with Crippen LogP contribution in [0.4, 0.5) is 0 Å². The summed E-state index contributed by atoms with van der Waals surface area (Å²) in [6.45, 7) is 3.79. The molecule has 0 bridgehead atoms. The van der Waals surface area contributed by atoms with Gasteiger partial charge in [0, 0.05) is 16.7 Å². The highest BCUT2D eigenvalue weighted by molar-refractivity contribution is 7.99. The molecule has 1 aromatic carbocycles. The Morgan fingerprint density at radius 1 is 1.35 bits per heavy atom. The lowest BCUT2D eigenvalue weighted by Crippen LogP contribution is -2.09. The summed E-state index contributed by atoms with van der Waals surface area (Å²) in [4.78, 5) is 19.7. The SMILES string of the molecule is CCCc1cc(=O)[nH]c(Sc2ccc([C@H](C)O)cc2)n1. The van der Waals surface area contributed by atoms with Crippen LogP contribution in [0.3, 0.4) is 0 Å².